The van der Waals surface area contributed by atoms with Crippen LogP contribution in [-0.2, 0) is 9.53 Å². The largest absolute Gasteiger partial charge is 0.467 e. The van der Waals surface area contributed by atoms with Crippen molar-refractivity contribution in [1.82, 2.24) is 20.3 Å². The lowest BCUT2D eigenvalue weighted by Gasteiger charge is -2.21. The molecule has 1 saturated heterocycles. The van der Waals surface area contributed by atoms with Gasteiger partial charge < -0.3 is 9.64 Å². The van der Waals surface area contributed by atoms with Crippen LogP contribution in [0.3, 0.4) is 0 Å². The summed E-state index contributed by atoms with van der Waals surface area (Å²) in [5.74, 6) is -0.670. The summed E-state index contributed by atoms with van der Waals surface area (Å²) in [6, 6.07) is -0.491. The Morgan fingerprint density at radius 2 is 2.44 bits per heavy atom. The molecule has 1 aliphatic heterocycles. The van der Waals surface area contributed by atoms with E-state index >= 15 is 0 Å². The average molecular weight is 224 g/mol. The number of hydrogen-bond donors (Lipinski definition) is 1. The maximum absolute atomic E-state index is 11.9. The minimum Gasteiger partial charge on any atom is -0.467 e. The summed E-state index contributed by atoms with van der Waals surface area (Å²) in [5.41, 5.74) is 0.218. The van der Waals surface area contributed by atoms with Gasteiger partial charge in [-0.25, -0.2) is 4.79 Å². The zero-order valence-corrected chi connectivity index (χ0v) is 8.84. The normalized spacial score (nSPS) is 19.8. The number of hydrogen-bond acceptors (Lipinski definition) is 5. The molecule has 2 heterocycles. The Morgan fingerprint density at radius 3 is 3.06 bits per heavy atom. The molecule has 7 heteroatoms. The van der Waals surface area contributed by atoms with E-state index in [0.717, 1.165) is 6.42 Å². The topological polar surface area (TPSA) is 88.2 Å². The molecule has 1 N–H and O–H groups in total. The van der Waals surface area contributed by atoms with Crippen molar-refractivity contribution < 1.29 is 14.3 Å². The van der Waals surface area contributed by atoms with Gasteiger partial charge in [0, 0.05) is 6.54 Å². The number of aromatic nitrogens is 3. The fourth-order valence-corrected chi connectivity index (χ4v) is 1.84. The van der Waals surface area contributed by atoms with Crippen LogP contribution < -0.4 is 0 Å². The molecule has 86 valence electrons. The summed E-state index contributed by atoms with van der Waals surface area (Å²) in [6.07, 6.45) is 2.77. The highest BCUT2D eigenvalue weighted by Crippen LogP contribution is 2.20. The van der Waals surface area contributed by atoms with Crippen molar-refractivity contribution in [2.24, 2.45) is 0 Å². The number of likely N-dealkylation sites (tertiary alicyclic amines) is 1. The van der Waals surface area contributed by atoms with Crippen LogP contribution in [0.5, 0.6) is 0 Å². The number of ether oxygens (including phenoxy) is 1. The number of methoxy groups -OCH3 is 1. The summed E-state index contributed by atoms with van der Waals surface area (Å²) in [6.45, 7) is 0.547. The van der Waals surface area contributed by atoms with E-state index in [1.165, 1.54) is 18.2 Å². The van der Waals surface area contributed by atoms with E-state index in [2.05, 4.69) is 20.1 Å². The fourth-order valence-electron chi connectivity index (χ4n) is 1.84. The van der Waals surface area contributed by atoms with Crippen molar-refractivity contribution in [3.8, 4) is 0 Å². The number of nitrogens with one attached hydrogen (secondary N) is 1. The number of carbonyl (C=O) groups is 2. The molecule has 1 amide bonds. The van der Waals surface area contributed by atoms with Crippen LogP contribution in [0, 0.1) is 0 Å². The highest BCUT2D eigenvalue weighted by molar-refractivity contribution is 5.95. The molecule has 16 heavy (non-hydrogen) atoms. The van der Waals surface area contributed by atoms with E-state index < -0.39 is 6.04 Å². The first-order chi connectivity index (χ1) is 7.74. The first kappa shape index (κ1) is 10.6. The maximum atomic E-state index is 11.9. The minimum atomic E-state index is -0.491. The number of esters is 1. The van der Waals surface area contributed by atoms with E-state index in [4.69, 9.17) is 0 Å². The Hall–Kier alpha value is -1.92. The van der Waals surface area contributed by atoms with E-state index in [1.807, 2.05) is 0 Å². The van der Waals surface area contributed by atoms with Gasteiger partial charge in [-0.2, -0.15) is 15.4 Å². The zero-order chi connectivity index (χ0) is 11.5. The average Bonchev–Trinajstić information content (AvgIpc) is 2.97. The number of rotatable bonds is 2. The summed E-state index contributed by atoms with van der Waals surface area (Å²) in [4.78, 5) is 24.8. The van der Waals surface area contributed by atoms with Crippen LogP contribution >= 0.6 is 0 Å². The standard InChI is InChI=1S/C9H12N4O3/c1-16-9(15)7-3-2-4-13(7)8(14)6-5-10-12-11-6/h5,7H,2-4H2,1H3,(H,10,11,12). The molecule has 0 spiro atoms. The fraction of sp³-hybridized carbons (Fsp3) is 0.556. The highest BCUT2D eigenvalue weighted by atomic mass is 16.5. The van der Waals surface area contributed by atoms with Gasteiger partial charge in [0.05, 0.1) is 13.3 Å². The lowest BCUT2D eigenvalue weighted by atomic mass is 10.2. The van der Waals surface area contributed by atoms with Gasteiger partial charge in [0.1, 0.15) is 6.04 Å². The van der Waals surface area contributed by atoms with E-state index in [0.29, 0.717) is 13.0 Å². The highest BCUT2D eigenvalue weighted by Gasteiger charge is 2.35. The quantitative estimate of drug-likeness (QED) is 0.689. The monoisotopic (exact) mass is 224 g/mol. The number of H-pyrrole nitrogens is 1. The van der Waals surface area contributed by atoms with E-state index in [9.17, 15) is 9.59 Å². The Morgan fingerprint density at radius 1 is 1.62 bits per heavy atom. The molecule has 0 aromatic carbocycles. The van der Waals surface area contributed by atoms with Crippen LogP contribution in [-0.4, -0.2) is 51.9 Å². The zero-order valence-electron chi connectivity index (χ0n) is 8.84. The third-order valence-electron chi connectivity index (χ3n) is 2.62. The van der Waals surface area contributed by atoms with Crippen LogP contribution in [0.4, 0.5) is 0 Å². The van der Waals surface area contributed by atoms with E-state index in [-0.39, 0.29) is 17.6 Å². The lowest BCUT2D eigenvalue weighted by Crippen LogP contribution is -2.41. The molecule has 1 aromatic heterocycles. The second-order valence-corrected chi connectivity index (χ2v) is 3.53. The summed E-state index contributed by atoms with van der Waals surface area (Å²) >= 11 is 0. The number of nitrogens with zero attached hydrogens (tertiary/aromatic N) is 3. The molecule has 1 fully saturated rings. The third-order valence-corrected chi connectivity index (χ3v) is 2.62. The Kier molecular flexibility index (Phi) is 2.84. The van der Waals surface area contributed by atoms with Crippen molar-refractivity contribution in [3.63, 3.8) is 0 Å². The number of aromatic amines is 1. The first-order valence-corrected chi connectivity index (χ1v) is 4.98. The van der Waals surface area contributed by atoms with Crippen LogP contribution in [0.15, 0.2) is 6.20 Å². The SMILES string of the molecule is COC(=O)C1CCCN1C(=O)c1cn[nH]n1. The smallest absolute Gasteiger partial charge is 0.328 e. The molecule has 0 bridgehead atoms. The molecule has 1 unspecified atom stereocenters. The van der Waals surface area contributed by atoms with Gasteiger partial charge in [-0.05, 0) is 12.8 Å². The Labute approximate surface area is 91.8 Å². The summed E-state index contributed by atoms with van der Waals surface area (Å²) in [7, 11) is 1.32. The van der Waals surface area contributed by atoms with Crippen molar-refractivity contribution >= 4 is 11.9 Å². The van der Waals surface area contributed by atoms with Crippen molar-refractivity contribution in [2.45, 2.75) is 18.9 Å². The molecule has 7 nitrogen and oxygen atoms in total. The van der Waals surface area contributed by atoms with Crippen molar-refractivity contribution in [1.29, 1.82) is 0 Å². The van der Waals surface area contributed by atoms with Crippen LogP contribution in [0.1, 0.15) is 23.3 Å². The number of amides is 1. The second kappa shape index (κ2) is 4.30. The molecule has 1 aromatic rings. The Balaban J connectivity index is 2.14. The molecule has 1 aliphatic rings. The van der Waals surface area contributed by atoms with Crippen LogP contribution in [0.2, 0.25) is 0 Å². The molecular weight excluding hydrogens is 212 g/mol. The maximum Gasteiger partial charge on any atom is 0.328 e. The third kappa shape index (κ3) is 1.75. The van der Waals surface area contributed by atoms with Gasteiger partial charge in [0.2, 0.25) is 0 Å². The predicted octanol–water partition coefficient (Wildman–Crippen LogP) is -0.418. The minimum absolute atomic E-state index is 0.218. The van der Waals surface area contributed by atoms with Crippen molar-refractivity contribution in [2.75, 3.05) is 13.7 Å². The van der Waals surface area contributed by atoms with Gasteiger partial charge in [0.15, 0.2) is 5.69 Å². The first-order valence-electron chi connectivity index (χ1n) is 4.98. The summed E-state index contributed by atoms with van der Waals surface area (Å²) in [5, 5.41) is 9.63. The van der Waals surface area contributed by atoms with Gasteiger partial charge in [-0.3, -0.25) is 4.79 Å². The molecular formula is C9H12N4O3. The van der Waals surface area contributed by atoms with Gasteiger partial charge in [-0.15, -0.1) is 0 Å². The van der Waals surface area contributed by atoms with Gasteiger partial charge in [0.25, 0.3) is 5.91 Å². The molecule has 2 rings (SSSR count). The summed E-state index contributed by atoms with van der Waals surface area (Å²) < 4.78 is 4.66. The van der Waals surface area contributed by atoms with Gasteiger partial charge >= 0.3 is 5.97 Å². The van der Waals surface area contributed by atoms with Crippen molar-refractivity contribution in [3.05, 3.63) is 11.9 Å². The number of carbonyl (C=O) groups excluding carboxylic acids is 2. The molecule has 0 aliphatic carbocycles. The lowest BCUT2D eigenvalue weighted by molar-refractivity contribution is -0.145. The molecule has 0 saturated carbocycles. The second-order valence-electron chi connectivity index (χ2n) is 3.53. The van der Waals surface area contributed by atoms with Gasteiger partial charge in [-0.1, -0.05) is 0 Å². The predicted molar refractivity (Wildman–Crippen MR) is 52.5 cm³/mol. The van der Waals surface area contributed by atoms with Crippen LogP contribution in [0.25, 0.3) is 0 Å². The molecule has 1 atom stereocenters. The molecule has 0 radical (unpaired) electrons. The van der Waals surface area contributed by atoms with E-state index in [1.54, 1.807) is 0 Å². The Bertz CT molecular complexity index is 389.